The second-order valence-corrected chi connectivity index (χ2v) is 10.0. The van der Waals surface area contributed by atoms with Crippen LogP contribution in [0.1, 0.15) is 13.8 Å². The van der Waals surface area contributed by atoms with Gasteiger partial charge < -0.3 is 20.5 Å². The number of rotatable bonds is 9. The number of hydrogen-bond acceptors (Lipinski definition) is 7. The molecule has 1 heterocycles. The van der Waals surface area contributed by atoms with Crippen LogP contribution in [0.25, 0.3) is 0 Å². The van der Waals surface area contributed by atoms with Crippen molar-refractivity contribution in [3.05, 3.63) is 48.5 Å². The maximum absolute atomic E-state index is 12.9. The number of anilines is 2. The van der Waals surface area contributed by atoms with E-state index in [0.717, 1.165) is 0 Å². The number of nitrogens with zero attached hydrogens (tertiary/aromatic N) is 2. The molecule has 0 aliphatic carbocycles. The molecule has 0 unspecified atom stereocenters. The molecule has 1 atom stereocenters. The zero-order valence-corrected chi connectivity index (χ0v) is 20.0. The molecule has 34 heavy (non-hydrogen) atoms. The Hall–Kier alpha value is -2.99. The minimum atomic E-state index is -3.64. The van der Waals surface area contributed by atoms with E-state index >= 15 is 0 Å². The van der Waals surface area contributed by atoms with Crippen molar-refractivity contribution in [3.63, 3.8) is 0 Å². The van der Waals surface area contributed by atoms with E-state index in [2.05, 4.69) is 10.6 Å². The number of nitrogens with one attached hydrogen (secondary N) is 2. The molecular weight excluding hydrogens is 460 g/mol. The largest absolute Gasteiger partial charge is 0.491 e. The van der Waals surface area contributed by atoms with Crippen molar-refractivity contribution in [3.8, 4) is 5.75 Å². The molecule has 2 amide bonds. The molecular formula is C23H30N4O6S. The number of aliphatic hydroxyl groups is 1. The first kappa shape index (κ1) is 25.6. The number of hydrogen-bond donors (Lipinski definition) is 3. The average Bonchev–Trinajstić information content (AvgIpc) is 2.78. The zero-order valence-electron chi connectivity index (χ0n) is 19.2. The van der Waals surface area contributed by atoms with Crippen molar-refractivity contribution in [2.24, 2.45) is 0 Å². The minimum Gasteiger partial charge on any atom is -0.491 e. The Balaban J connectivity index is 1.45. The number of benzene rings is 2. The molecule has 1 fully saturated rings. The van der Waals surface area contributed by atoms with Crippen LogP contribution in [0, 0.1) is 0 Å². The Bertz CT molecular complexity index is 1080. The monoisotopic (exact) mass is 490 g/mol. The lowest BCUT2D eigenvalue weighted by Gasteiger charge is -2.34. The number of piperazine rings is 1. The highest BCUT2D eigenvalue weighted by Crippen LogP contribution is 2.20. The van der Waals surface area contributed by atoms with Gasteiger partial charge >= 0.3 is 0 Å². The van der Waals surface area contributed by atoms with E-state index in [-0.39, 0.29) is 23.3 Å². The Kier molecular flexibility index (Phi) is 8.61. The lowest BCUT2D eigenvalue weighted by Crippen LogP contribution is -2.50. The molecule has 3 rings (SSSR count). The summed E-state index contributed by atoms with van der Waals surface area (Å²) in [7, 11) is -3.64. The summed E-state index contributed by atoms with van der Waals surface area (Å²) in [6.07, 6.45) is -0.737. The van der Waals surface area contributed by atoms with E-state index in [9.17, 15) is 23.1 Å². The molecule has 0 saturated carbocycles. The molecule has 0 bridgehead atoms. The maximum atomic E-state index is 12.9. The van der Waals surface area contributed by atoms with Crippen LogP contribution in [0.15, 0.2) is 53.4 Å². The molecule has 1 aliphatic heterocycles. The molecule has 2 aromatic rings. The summed E-state index contributed by atoms with van der Waals surface area (Å²) in [5, 5.41) is 15.6. The van der Waals surface area contributed by atoms with E-state index in [1.54, 1.807) is 36.4 Å². The van der Waals surface area contributed by atoms with Crippen LogP contribution in [-0.4, -0.2) is 80.0 Å². The first-order chi connectivity index (χ1) is 16.1. The van der Waals surface area contributed by atoms with Gasteiger partial charge in [0.25, 0.3) is 0 Å². The molecule has 0 aromatic heterocycles. The van der Waals surface area contributed by atoms with Gasteiger partial charge in [0, 0.05) is 57.9 Å². The fraction of sp³-hybridized carbons (Fsp3) is 0.391. The number of carbonyl (C=O) groups excluding carboxylic acids is 2. The summed E-state index contributed by atoms with van der Waals surface area (Å²) in [5.74, 6) is 0.199. The van der Waals surface area contributed by atoms with Crippen LogP contribution in [0.4, 0.5) is 11.4 Å². The van der Waals surface area contributed by atoms with E-state index in [0.29, 0.717) is 49.8 Å². The third-order valence-electron chi connectivity index (χ3n) is 5.23. The highest BCUT2D eigenvalue weighted by atomic mass is 32.2. The van der Waals surface area contributed by atoms with Crippen molar-refractivity contribution in [2.75, 3.05) is 50.0 Å². The van der Waals surface area contributed by atoms with Gasteiger partial charge in [-0.25, -0.2) is 8.42 Å². The first-order valence-corrected chi connectivity index (χ1v) is 12.4. The van der Waals surface area contributed by atoms with Crippen LogP contribution in [0.2, 0.25) is 0 Å². The summed E-state index contributed by atoms with van der Waals surface area (Å²) in [4.78, 5) is 24.4. The van der Waals surface area contributed by atoms with Crippen LogP contribution >= 0.6 is 0 Å². The van der Waals surface area contributed by atoms with Crippen molar-refractivity contribution >= 4 is 33.2 Å². The SMILES string of the molecule is CC(=O)Nc1ccc(OC[C@H](O)CN2CCN(S(=O)(=O)c3ccc(NC(C)=O)cc3)CC2)cc1. The Morgan fingerprint density at radius 2 is 1.41 bits per heavy atom. The van der Waals surface area contributed by atoms with Gasteiger partial charge in [-0.3, -0.25) is 14.5 Å². The number of carbonyl (C=O) groups is 2. The predicted molar refractivity (Wildman–Crippen MR) is 128 cm³/mol. The third-order valence-corrected chi connectivity index (χ3v) is 7.14. The van der Waals surface area contributed by atoms with Gasteiger partial charge in [0.1, 0.15) is 18.5 Å². The topological polar surface area (TPSA) is 128 Å². The summed E-state index contributed by atoms with van der Waals surface area (Å²) >= 11 is 0. The quantitative estimate of drug-likeness (QED) is 0.484. The van der Waals surface area contributed by atoms with Gasteiger partial charge in [0.15, 0.2) is 0 Å². The number of sulfonamides is 1. The Morgan fingerprint density at radius 1 is 0.912 bits per heavy atom. The summed E-state index contributed by atoms with van der Waals surface area (Å²) in [6, 6.07) is 13.0. The second-order valence-electron chi connectivity index (χ2n) is 8.08. The van der Waals surface area contributed by atoms with Gasteiger partial charge in [-0.15, -0.1) is 0 Å². The third kappa shape index (κ3) is 7.26. The summed E-state index contributed by atoms with van der Waals surface area (Å²) in [6.45, 7) is 4.89. The van der Waals surface area contributed by atoms with Crippen LogP contribution in [0.5, 0.6) is 5.75 Å². The highest BCUT2D eigenvalue weighted by Gasteiger charge is 2.29. The molecule has 0 radical (unpaired) electrons. The van der Waals surface area contributed by atoms with E-state index < -0.39 is 16.1 Å². The van der Waals surface area contributed by atoms with Gasteiger partial charge in [-0.1, -0.05) is 0 Å². The molecule has 184 valence electrons. The highest BCUT2D eigenvalue weighted by molar-refractivity contribution is 7.89. The predicted octanol–water partition coefficient (Wildman–Crippen LogP) is 1.35. The van der Waals surface area contributed by atoms with Crippen molar-refractivity contribution in [2.45, 2.75) is 24.8 Å². The van der Waals surface area contributed by atoms with Gasteiger partial charge in [-0.05, 0) is 48.5 Å². The fourth-order valence-corrected chi connectivity index (χ4v) is 5.02. The average molecular weight is 491 g/mol. The molecule has 11 heteroatoms. The number of amides is 2. The maximum Gasteiger partial charge on any atom is 0.243 e. The lowest BCUT2D eigenvalue weighted by atomic mass is 10.3. The van der Waals surface area contributed by atoms with Crippen LogP contribution in [0.3, 0.4) is 0 Å². The molecule has 1 saturated heterocycles. The van der Waals surface area contributed by atoms with Gasteiger partial charge in [-0.2, -0.15) is 4.31 Å². The number of β-amino-alcohol motifs (C(OH)–C–C–N with tert-alkyl or cyclic N) is 1. The normalized spacial score (nSPS) is 16.0. The van der Waals surface area contributed by atoms with Gasteiger partial charge in [0.2, 0.25) is 21.8 Å². The van der Waals surface area contributed by atoms with E-state index in [1.165, 1.54) is 30.3 Å². The Morgan fingerprint density at radius 3 is 1.91 bits per heavy atom. The summed E-state index contributed by atoms with van der Waals surface area (Å²) < 4.78 is 32.9. The van der Waals surface area contributed by atoms with Gasteiger partial charge in [0.05, 0.1) is 4.90 Å². The van der Waals surface area contributed by atoms with E-state index in [4.69, 9.17) is 4.74 Å². The Labute approximate surface area is 199 Å². The van der Waals surface area contributed by atoms with Crippen LogP contribution in [-0.2, 0) is 19.6 Å². The second kappa shape index (κ2) is 11.4. The van der Waals surface area contributed by atoms with E-state index in [1.807, 2.05) is 4.90 Å². The van der Waals surface area contributed by atoms with Crippen molar-refractivity contribution in [1.82, 2.24) is 9.21 Å². The molecule has 0 spiro atoms. The number of aliphatic hydroxyl groups excluding tert-OH is 1. The summed E-state index contributed by atoms with van der Waals surface area (Å²) in [5.41, 5.74) is 1.20. The fourth-order valence-electron chi connectivity index (χ4n) is 3.60. The zero-order chi connectivity index (χ0) is 24.7. The molecule has 3 N–H and O–H groups in total. The molecule has 1 aliphatic rings. The minimum absolute atomic E-state index is 0.0959. The number of ether oxygens (including phenoxy) is 1. The first-order valence-electron chi connectivity index (χ1n) is 10.9. The van der Waals surface area contributed by atoms with Crippen molar-refractivity contribution in [1.29, 1.82) is 0 Å². The smallest absolute Gasteiger partial charge is 0.243 e. The molecule has 2 aromatic carbocycles. The molecule has 10 nitrogen and oxygen atoms in total. The lowest BCUT2D eigenvalue weighted by molar-refractivity contribution is -0.115. The standard InChI is InChI=1S/C23H30N4O6S/c1-17(28)24-19-3-7-22(8-4-19)33-16-21(30)15-26-11-13-27(14-12-26)34(31,32)23-9-5-20(6-10-23)25-18(2)29/h3-10,21,30H,11-16H2,1-2H3,(H,24,28)(H,25,29)/t21-/m1/s1. The van der Waals surface area contributed by atoms with Crippen molar-refractivity contribution < 1.29 is 27.9 Å². The van der Waals surface area contributed by atoms with Crippen LogP contribution < -0.4 is 15.4 Å².